The van der Waals surface area contributed by atoms with Gasteiger partial charge in [0, 0.05) is 11.4 Å². The van der Waals surface area contributed by atoms with Gasteiger partial charge in [0.05, 0.1) is 11.5 Å². The van der Waals surface area contributed by atoms with Crippen molar-refractivity contribution in [3.8, 4) is 0 Å². The number of halogens is 1. The topological polar surface area (TPSA) is 55.1 Å². The number of nitrogens with one attached hydrogen (secondary N) is 1. The van der Waals surface area contributed by atoms with Crippen LogP contribution in [0, 0.1) is 5.41 Å². The minimum Gasteiger partial charge on any atom is -0.349 e. The van der Waals surface area contributed by atoms with Gasteiger partial charge in [-0.3, -0.25) is 4.79 Å². The summed E-state index contributed by atoms with van der Waals surface area (Å²) in [5, 5.41) is 5.42. The molecule has 1 atom stereocenters. The Kier molecular flexibility index (Phi) is 5.10. The highest BCUT2D eigenvalue weighted by molar-refractivity contribution is 7.10. The number of nitrogens with two attached hydrogens (primary N) is 1. The molecule has 5 heteroatoms. The fraction of sp³-hybridized carbons (Fsp3) is 0.667. The molecule has 112 valence electrons. The number of hydrogen-bond acceptors (Lipinski definition) is 3. The summed E-state index contributed by atoms with van der Waals surface area (Å²) in [6.07, 6.45) is 7.60. The van der Waals surface area contributed by atoms with Gasteiger partial charge in [0.25, 0.3) is 0 Å². The number of hydrogen-bond donors (Lipinski definition) is 2. The first-order chi connectivity index (χ1) is 9.25. The average molecular weight is 315 g/mol. The van der Waals surface area contributed by atoms with Crippen LogP contribution in [-0.4, -0.2) is 12.5 Å². The Morgan fingerprint density at radius 1 is 1.40 bits per heavy atom. The molecule has 1 aromatic heterocycles. The Bertz CT molecular complexity index is 468. The van der Waals surface area contributed by atoms with Crippen molar-refractivity contribution in [1.82, 2.24) is 5.32 Å². The third-order valence-corrected chi connectivity index (χ3v) is 5.79. The van der Waals surface area contributed by atoms with Crippen LogP contribution in [0.15, 0.2) is 11.4 Å². The molecule has 0 saturated heterocycles. The summed E-state index contributed by atoms with van der Waals surface area (Å²) in [7, 11) is 0. The lowest BCUT2D eigenvalue weighted by atomic mass is 9.84. The molecule has 3 nitrogen and oxygen atoms in total. The molecule has 1 saturated carbocycles. The van der Waals surface area contributed by atoms with Crippen LogP contribution >= 0.6 is 23.7 Å². The average Bonchev–Trinajstić information content (AvgIpc) is 3.08. The van der Waals surface area contributed by atoms with Gasteiger partial charge < -0.3 is 11.1 Å². The van der Waals surface area contributed by atoms with Gasteiger partial charge >= 0.3 is 0 Å². The van der Waals surface area contributed by atoms with E-state index in [0.29, 0.717) is 6.54 Å². The van der Waals surface area contributed by atoms with Crippen LogP contribution in [0.5, 0.6) is 0 Å². The Labute approximate surface area is 130 Å². The van der Waals surface area contributed by atoms with Gasteiger partial charge in [-0.1, -0.05) is 12.8 Å². The molecule has 1 unspecified atom stereocenters. The summed E-state index contributed by atoms with van der Waals surface area (Å²) in [5.74, 6) is 0.191. The molecule has 0 bridgehead atoms. The minimum absolute atomic E-state index is 0. The van der Waals surface area contributed by atoms with Gasteiger partial charge in [-0.25, -0.2) is 0 Å². The van der Waals surface area contributed by atoms with E-state index in [1.54, 1.807) is 0 Å². The maximum Gasteiger partial charge on any atom is 0.227 e. The zero-order chi connectivity index (χ0) is 13.3. The van der Waals surface area contributed by atoms with Crippen molar-refractivity contribution in [3.05, 3.63) is 21.9 Å². The van der Waals surface area contributed by atoms with Crippen molar-refractivity contribution in [2.75, 3.05) is 6.54 Å². The van der Waals surface area contributed by atoms with E-state index in [9.17, 15) is 4.79 Å². The number of carbonyl (C=O) groups is 1. The molecule has 0 spiro atoms. The second kappa shape index (κ2) is 6.46. The first-order valence-corrected chi connectivity index (χ1v) is 8.20. The van der Waals surface area contributed by atoms with E-state index in [-0.39, 0.29) is 29.8 Å². The summed E-state index contributed by atoms with van der Waals surface area (Å²) in [6, 6.07) is 2.39. The van der Waals surface area contributed by atoms with E-state index in [4.69, 9.17) is 5.73 Å². The summed E-state index contributed by atoms with van der Waals surface area (Å²) >= 11 is 1.82. The molecular weight excluding hydrogens is 292 g/mol. The standard InChI is InChI=1S/C15H22N2OS.ClH/c16-10-15(7-1-2-8-15)14(18)17-12-4-3-5-13-11(12)6-9-19-13;/h6,9,12H,1-5,7-8,10,16H2,(H,17,18);1H. The van der Waals surface area contributed by atoms with E-state index < -0.39 is 0 Å². The van der Waals surface area contributed by atoms with Crippen LogP contribution in [-0.2, 0) is 11.2 Å². The second-order valence-electron chi connectivity index (χ2n) is 5.91. The number of fused-ring (bicyclic) bond motifs is 1. The Morgan fingerprint density at radius 2 is 2.15 bits per heavy atom. The molecule has 3 N–H and O–H groups in total. The predicted molar refractivity (Wildman–Crippen MR) is 85.3 cm³/mol. The van der Waals surface area contributed by atoms with Gasteiger partial charge in [0.1, 0.15) is 0 Å². The number of carbonyl (C=O) groups excluding carboxylic acids is 1. The number of thiophene rings is 1. The van der Waals surface area contributed by atoms with Crippen molar-refractivity contribution < 1.29 is 4.79 Å². The van der Waals surface area contributed by atoms with Crippen molar-refractivity contribution in [1.29, 1.82) is 0 Å². The lowest BCUT2D eigenvalue weighted by Gasteiger charge is -2.31. The molecular formula is C15H23ClN2OS. The Morgan fingerprint density at radius 3 is 2.85 bits per heavy atom. The first kappa shape index (κ1) is 15.8. The SMILES string of the molecule is Cl.NCC1(C(=O)NC2CCCc3sccc32)CCCC1. The normalized spacial score (nSPS) is 23.8. The number of amides is 1. The van der Waals surface area contributed by atoms with Crippen molar-refractivity contribution in [2.45, 2.75) is 51.0 Å². The van der Waals surface area contributed by atoms with Gasteiger partial charge in [-0.2, -0.15) is 0 Å². The number of rotatable bonds is 3. The fourth-order valence-electron chi connectivity index (χ4n) is 3.52. The van der Waals surface area contributed by atoms with E-state index in [0.717, 1.165) is 32.1 Å². The van der Waals surface area contributed by atoms with Gasteiger partial charge in [0.2, 0.25) is 5.91 Å². The lowest BCUT2D eigenvalue weighted by Crippen LogP contribution is -2.45. The molecule has 0 radical (unpaired) electrons. The van der Waals surface area contributed by atoms with E-state index in [1.165, 1.54) is 23.3 Å². The van der Waals surface area contributed by atoms with Gasteiger partial charge in [-0.15, -0.1) is 23.7 Å². The van der Waals surface area contributed by atoms with E-state index in [1.807, 2.05) is 11.3 Å². The zero-order valence-corrected chi connectivity index (χ0v) is 13.3. The minimum atomic E-state index is -0.284. The van der Waals surface area contributed by atoms with Crippen LogP contribution in [0.1, 0.15) is 55.0 Å². The summed E-state index contributed by atoms with van der Waals surface area (Å²) in [4.78, 5) is 14.1. The van der Waals surface area contributed by atoms with Crippen molar-refractivity contribution >= 4 is 29.7 Å². The smallest absolute Gasteiger partial charge is 0.227 e. The third kappa shape index (κ3) is 2.74. The van der Waals surface area contributed by atoms with Gasteiger partial charge in [0.15, 0.2) is 0 Å². The molecule has 20 heavy (non-hydrogen) atoms. The number of aryl methyl sites for hydroxylation is 1. The van der Waals surface area contributed by atoms with Crippen molar-refractivity contribution in [2.24, 2.45) is 11.1 Å². The summed E-state index contributed by atoms with van der Waals surface area (Å²) in [5.41, 5.74) is 6.95. The van der Waals surface area contributed by atoms with Crippen LogP contribution in [0.3, 0.4) is 0 Å². The molecule has 0 aromatic carbocycles. The molecule has 1 aromatic rings. The lowest BCUT2D eigenvalue weighted by molar-refractivity contribution is -0.131. The maximum atomic E-state index is 12.6. The van der Waals surface area contributed by atoms with Crippen LogP contribution in [0.4, 0.5) is 0 Å². The highest BCUT2D eigenvalue weighted by Crippen LogP contribution is 2.39. The highest BCUT2D eigenvalue weighted by Gasteiger charge is 2.40. The van der Waals surface area contributed by atoms with Crippen LogP contribution in [0.2, 0.25) is 0 Å². The quantitative estimate of drug-likeness (QED) is 0.900. The fourth-order valence-corrected chi connectivity index (χ4v) is 4.51. The van der Waals surface area contributed by atoms with E-state index >= 15 is 0 Å². The summed E-state index contributed by atoms with van der Waals surface area (Å²) in [6.45, 7) is 0.488. The van der Waals surface area contributed by atoms with E-state index in [2.05, 4.69) is 16.8 Å². The zero-order valence-electron chi connectivity index (χ0n) is 11.7. The predicted octanol–water partition coefficient (Wildman–Crippen LogP) is 3.18. The van der Waals surface area contributed by atoms with Crippen LogP contribution < -0.4 is 11.1 Å². The molecule has 2 aliphatic rings. The first-order valence-electron chi connectivity index (χ1n) is 7.32. The van der Waals surface area contributed by atoms with Gasteiger partial charge in [-0.05, 0) is 49.1 Å². The third-order valence-electron chi connectivity index (χ3n) is 4.79. The highest BCUT2D eigenvalue weighted by atomic mass is 35.5. The summed E-state index contributed by atoms with van der Waals surface area (Å²) < 4.78 is 0. The maximum absolute atomic E-state index is 12.6. The molecule has 2 aliphatic carbocycles. The Hall–Kier alpha value is -0.580. The van der Waals surface area contributed by atoms with Crippen LogP contribution in [0.25, 0.3) is 0 Å². The molecule has 1 amide bonds. The molecule has 3 rings (SSSR count). The largest absolute Gasteiger partial charge is 0.349 e. The van der Waals surface area contributed by atoms with Crippen molar-refractivity contribution in [3.63, 3.8) is 0 Å². The second-order valence-corrected chi connectivity index (χ2v) is 6.91. The monoisotopic (exact) mass is 314 g/mol. The molecule has 1 fully saturated rings. The Balaban J connectivity index is 0.00000147. The molecule has 1 heterocycles. The molecule has 0 aliphatic heterocycles.